The maximum Gasteiger partial charge on any atom is 0.242 e. The molecule has 0 aliphatic heterocycles. The number of hydrogen-bond donors (Lipinski definition) is 1. The lowest BCUT2D eigenvalue weighted by Crippen LogP contribution is -2.49. The van der Waals surface area contributed by atoms with Gasteiger partial charge in [-0.05, 0) is 37.5 Å². The lowest BCUT2D eigenvalue weighted by Gasteiger charge is -2.29. The van der Waals surface area contributed by atoms with Gasteiger partial charge in [0, 0.05) is 24.0 Å². The highest BCUT2D eigenvalue weighted by atomic mass is 35.5. The number of carbonyl (C=O) groups is 2. The maximum atomic E-state index is 12.5. The van der Waals surface area contributed by atoms with E-state index >= 15 is 0 Å². The minimum Gasteiger partial charge on any atom is -0.352 e. The molecule has 1 fully saturated rings. The smallest absolute Gasteiger partial charge is 0.242 e. The molecule has 2 amide bonds. The molecular formula is C18H25ClN2O2. The Kier molecular flexibility index (Phi) is 6.46. The van der Waals surface area contributed by atoms with Crippen LogP contribution in [0.1, 0.15) is 51.5 Å². The van der Waals surface area contributed by atoms with Crippen LogP contribution in [-0.2, 0) is 16.1 Å². The monoisotopic (exact) mass is 336 g/mol. The van der Waals surface area contributed by atoms with Crippen LogP contribution in [0.2, 0.25) is 5.02 Å². The molecule has 5 heteroatoms. The molecule has 126 valence electrons. The summed E-state index contributed by atoms with van der Waals surface area (Å²) in [5.41, 5.74) is 0.969. The molecule has 0 heterocycles. The summed E-state index contributed by atoms with van der Waals surface area (Å²) in [6.45, 7) is 4.04. The summed E-state index contributed by atoms with van der Waals surface area (Å²) < 4.78 is 0. The number of hydrogen-bond acceptors (Lipinski definition) is 2. The Morgan fingerprint density at radius 2 is 1.87 bits per heavy atom. The van der Waals surface area contributed by atoms with Crippen molar-refractivity contribution in [3.63, 3.8) is 0 Å². The number of halogens is 1. The molecule has 1 aliphatic carbocycles. The number of nitrogens with one attached hydrogen (secondary N) is 1. The van der Waals surface area contributed by atoms with Gasteiger partial charge in [0.1, 0.15) is 6.04 Å². The zero-order valence-electron chi connectivity index (χ0n) is 13.8. The van der Waals surface area contributed by atoms with Crippen molar-refractivity contribution >= 4 is 23.4 Å². The van der Waals surface area contributed by atoms with Crippen molar-refractivity contribution < 1.29 is 9.59 Å². The van der Waals surface area contributed by atoms with Crippen LogP contribution in [0, 0.1) is 0 Å². The van der Waals surface area contributed by atoms with Gasteiger partial charge in [0.15, 0.2) is 0 Å². The Hall–Kier alpha value is -1.55. The van der Waals surface area contributed by atoms with Crippen molar-refractivity contribution in [1.29, 1.82) is 0 Å². The van der Waals surface area contributed by atoms with Gasteiger partial charge >= 0.3 is 0 Å². The number of nitrogens with zero attached hydrogens (tertiary/aromatic N) is 1. The fraction of sp³-hybridized carbons (Fsp3) is 0.556. The summed E-state index contributed by atoms with van der Waals surface area (Å²) in [5.74, 6) is -0.0818. The van der Waals surface area contributed by atoms with Gasteiger partial charge in [-0.25, -0.2) is 0 Å². The van der Waals surface area contributed by atoms with Crippen molar-refractivity contribution in [3.05, 3.63) is 34.9 Å². The minimum atomic E-state index is -0.473. The van der Waals surface area contributed by atoms with Crippen LogP contribution in [0.4, 0.5) is 0 Å². The highest BCUT2D eigenvalue weighted by Crippen LogP contribution is 2.19. The first-order valence-electron chi connectivity index (χ1n) is 8.35. The zero-order chi connectivity index (χ0) is 16.8. The second-order valence-corrected chi connectivity index (χ2v) is 6.60. The van der Waals surface area contributed by atoms with E-state index in [1.807, 2.05) is 19.1 Å². The van der Waals surface area contributed by atoms with E-state index in [9.17, 15) is 9.59 Å². The minimum absolute atomic E-state index is 0.0194. The highest BCUT2D eigenvalue weighted by Gasteiger charge is 2.27. The van der Waals surface area contributed by atoms with E-state index in [0.29, 0.717) is 18.0 Å². The highest BCUT2D eigenvalue weighted by molar-refractivity contribution is 6.30. The predicted molar refractivity (Wildman–Crippen MR) is 92.2 cm³/mol. The first-order valence-corrected chi connectivity index (χ1v) is 8.73. The van der Waals surface area contributed by atoms with Gasteiger partial charge in [-0.1, -0.05) is 43.5 Å². The fourth-order valence-electron chi connectivity index (χ4n) is 2.96. The molecular weight excluding hydrogens is 312 g/mol. The van der Waals surface area contributed by atoms with E-state index in [0.717, 1.165) is 18.4 Å². The lowest BCUT2D eigenvalue weighted by atomic mass is 10.1. The van der Waals surface area contributed by atoms with Crippen LogP contribution in [-0.4, -0.2) is 28.8 Å². The Morgan fingerprint density at radius 1 is 1.26 bits per heavy atom. The molecule has 1 aliphatic rings. The van der Waals surface area contributed by atoms with Gasteiger partial charge < -0.3 is 10.2 Å². The summed E-state index contributed by atoms with van der Waals surface area (Å²) in [4.78, 5) is 26.4. The second-order valence-electron chi connectivity index (χ2n) is 6.17. The predicted octanol–water partition coefficient (Wildman–Crippen LogP) is 3.53. The van der Waals surface area contributed by atoms with Gasteiger partial charge in [0.05, 0.1) is 0 Å². The molecule has 1 aromatic rings. The molecule has 0 bridgehead atoms. The molecule has 0 saturated heterocycles. The fourth-order valence-corrected chi connectivity index (χ4v) is 3.09. The van der Waals surface area contributed by atoms with Crippen LogP contribution in [0.25, 0.3) is 0 Å². The van der Waals surface area contributed by atoms with Crippen LogP contribution in [0.5, 0.6) is 0 Å². The van der Waals surface area contributed by atoms with Crippen molar-refractivity contribution in [1.82, 2.24) is 10.2 Å². The van der Waals surface area contributed by atoms with E-state index in [1.54, 1.807) is 24.0 Å². The summed E-state index contributed by atoms with van der Waals surface area (Å²) in [7, 11) is 0. The third-order valence-corrected chi connectivity index (χ3v) is 4.69. The molecule has 0 aromatic heterocycles. The van der Waals surface area contributed by atoms with Gasteiger partial charge in [0.2, 0.25) is 11.8 Å². The standard InChI is InChI=1S/C18H25ClN2O2/c1-3-17(22)21(12-14-8-10-15(19)11-9-14)13(2)18(23)20-16-6-4-5-7-16/h8-11,13,16H,3-7,12H2,1-2H3,(H,20,23)/t13-/m1/s1. The molecule has 0 unspecified atom stereocenters. The van der Waals surface area contributed by atoms with Crippen LogP contribution < -0.4 is 5.32 Å². The molecule has 1 aromatic carbocycles. The average molecular weight is 337 g/mol. The summed E-state index contributed by atoms with van der Waals surface area (Å²) >= 11 is 5.90. The van der Waals surface area contributed by atoms with Crippen molar-refractivity contribution in [2.75, 3.05) is 0 Å². The van der Waals surface area contributed by atoms with Crippen molar-refractivity contribution in [2.24, 2.45) is 0 Å². The molecule has 0 spiro atoms. The van der Waals surface area contributed by atoms with E-state index in [4.69, 9.17) is 11.6 Å². The van der Waals surface area contributed by atoms with Crippen LogP contribution >= 0.6 is 11.6 Å². The van der Waals surface area contributed by atoms with E-state index < -0.39 is 6.04 Å². The first-order chi connectivity index (χ1) is 11.0. The Bertz CT molecular complexity index is 538. The molecule has 1 N–H and O–H groups in total. The summed E-state index contributed by atoms with van der Waals surface area (Å²) in [5, 5.41) is 3.74. The molecule has 2 rings (SSSR count). The molecule has 1 saturated carbocycles. The third-order valence-electron chi connectivity index (χ3n) is 4.44. The molecule has 23 heavy (non-hydrogen) atoms. The average Bonchev–Trinajstić information content (AvgIpc) is 3.06. The lowest BCUT2D eigenvalue weighted by molar-refractivity contribution is -0.140. The summed E-state index contributed by atoms with van der Waals surface area (Å²) in [6.07, 6.45) is 4.80. The van der Waals surface area contributed by atoms with Gasteiger partial charge in [-0.15, -0.1) is 0 Å². The largest absolute Gasteiger partial charge is 0.352 e. The molecule has 0 radical (unpaired) electrons. The third kappa shape index (κ3) is 4.96. The summed E-state index contributed by atoms with van der Waals surface area (Å²) in [6, 6.07) is 7.17. The second kappa shape index (κ2) is 8.34. The van der Waals surface area contributed by atoms with Crippen LogP contribution in [0.15, 0.2) is 24.3 Å². The SMILES string of the molecule is CCC(=O)N(Cc1ccc(Cl)cc1)[C@H](C)C(=O)NC1CCCC1. The number of benzene rings is 1. The number of amides is 2. The zero-order valence-corrected chi connectivity index (χ0v) is 14.6. The van der Waals surface area contributed by atoms with Gasteiger partial charge in [0.25, 0.3) is 0 Å². The van der Waals surface area contributed by atoms with Crippen molar-refractivity contribution in [3.8, 4) is 0 Å². The quantitative estimate of drug-likeness (QED) is 0.864. The topological polar surface area (TPSA) is 49.4 Å². The van der Waals surface area contributed by atoms with Crippen LogP contribution in [0.3, 0.4) is 0 Å². The molecule has 1 atom stereocenters. The number of carbonyl (C=O) groups excluding carboxylic acids is 2. The van der Waals surface area contributed by atoms with E-state index in [2.05, 4.69) is 5.32 Å². The van der Waals surface area contributed by atoms with E-state index in [1.165, 1.54) is 12.8 Å². The Labute approximate surface area is 143 Å². The molecule has 4 nitrogen and oxygen atoms in total. The first kappa shape index (κ1) is 17.8. The van der Waals surface area contributed by atoms with Crippen molar-refractivity contribution in [2.45, 2.75) is 64.6 Å². The van der Waals surface area contributed by atoms with Gasteiger partial charge in [-0.3, -0.25) is 9.59 Å². The Morgan fingerprint density at radius 3 is 2.43 bits per heavy atom. The van der Waals surface area contributed by atoms with Gasteiger partial charge in [-0.2, -0.15) is 0 Å². The maximum absolute atomic E-state index is 12.5. The number of rotatable bonds is 6. The normalized spacial score (nSPS) is 16.1. The Balaban J connectivity index is 2.05. The van der Waals surface area contributed by atoms with E-state index in [-0.39, 0.29) is 17.9 Å².